The molecule has 0 bridgehead atoms. The van der Waals surface area contributed by atoms with Crippen LogP contribution in [0.1, 0.15) is 34.7 Å². The molecule has 0 radical (unpaired) electrons. The molecule has 110 valence electrons. The molecule has 3 rings (SSSR count). The lowest BCUT2D eigenvalue weighted by molar-refractivity contribution is 0.0998. The number of H-pyrrole nitrogens is 1. The number of thiocarbonyl (C=S) groups is 1. The number of rotatable bonds is 2. The second-order valence-corrected chi connectivity index (χ2v) is 6.30. The predicted molar refractivity (Wildman–Crippen MR) is 85.0 cm³/mol. The van der Waals surface area contributed by atoms with Gasteiger partial charge in [0.05, 0.1) is 16.6 Å². The van der Waals surface area contributed by atoms with Gasteiger partial charge >= 0.3 is 0 Å². The lowest BCUT2D eigenvalue weighted by Crippen LogP contribution is -2.18. The summed E-state index contributed by atoms with van der Waals surface area (Å²) in [4.78, 5) is 14.5. The molecule has 0 aliphatic carbocycles. The van der Waals surface area contributed by atoms with Crippen molar-refractivity contribution < 1.29 is 13.9 Å². The maximum Gasteiger partial charge on any atom is 0.253 e. The highest BCUT2D eigenvalue weighted by Crippen LogP contribution is 2.36. The molecule has 0 saturated carbocycles. The lowest BCUT2D eigenvalue weighted by atomic mass is 9.91. The Morgan fingerprint density at radius 1 is 1.57 bits per heavy atom. The molecule has 1 aromatic heterocycles. The van der Waals surface area contributed by atoms with E-state index in [0.717, 1.165) is 17.4 Å². The molecule has 1 aliphatic rings. The summed E-state index contributed by atoms with van der Waals surface area (Å²) in [5, 5.41) is 1.36. The Bertz CT molecular complexity index is 759. The van der Waals surface area contributed by atoms with Crippen LogP contribution in [-0.2, 0) is 4.74 Å². The number of carbonyl (C=O) groups excluding carboxylic acids is 1. The molecular weight excluding hydrogens is 359 g/mol. The molecule has 1 saturated heterocycles. The zero-order valence-electron chi connectivity index (χ0n) is 10.9. The second-order valence-electron chi connectivity index (χ2n) is 4.99. The van der Waals surface area contributed by atoms with Gasteiger partial charge in [0, 0.05) is 18.0 Å². The van der Waals surface area contributed by atoms with Gasteiger partial charge in [0.15, 0.2) is 10.9 Å². The molecule has 4 nitrogen and oxygen atoms in total. The number of hydrogen-bond donors (Lipinski definition) is 2. The Hall–Kier alpha value is -1.47. The third kappa shape index (κ3) is 2.44. The number of nitrogens with one attached hydrogen (secondary N) is 1. The number of nitrogens with two attached hydrogens (primary N) is 1. The van der Waals surface area contributed by atoms with Crippen molar-refractivity contribution in [3.05, 3.63) is 33.7 Å². The molecule has 1 aromatic carbocycles. The van der Waals surface area contributed by atoms with Crippen molar-refractivity contribution in [2.45, 2.75) is 18.8 Å². The number of aromatic amines is 1. The Morgan fingerprint density at radius 3 is 3.00 bits per heavy atom. The maximum atomic E-state index is 14.1. The van der Waals surface area contributed by atoms with Crippen molar-refractivity contribution >= 4 is 50.0 Å². The van der Waals surface area contributed by atoms with Crippen LogP contribution < -0.4 is 5.73 Å². The quantitative estimate of drug-likeness (QED) is 0.796. The van der Waals surface area contributed by atoms with E-state index in [1.165, 1.54) is 0 Å². The highest BCUT2D eigenvalue weighted by atomic mass is 79.9. The highest BCUT2D eigenvalue weighted by molar-refractivity contribution is 9.10. The zero-order chi connectivity index (χ0) is 15.1. The number of amides is 1. The number of benzene rings is 1. The van der Waals surface area contributed by atoms with Crippen molar-refractivity contribution in [1.29, 1.82) is 0 Å². The van der Waals surface area contributed by atoms with Crippen LogP contribution in [0.5, 0.6) is 0 Å². The zero-order valence-corrected chi connectivity index (χ0v) is 13.3. The van der Waals surface area contributed by atoms with E-state index in [1.54, 1.807) is 12.3 Å². The first-order valence-corrected chi connectivity index (χ1v) is 7.63. The van der Waals surface area contributed by atoms with Crippen molar-refractivity contribution in [2.24, 2.45) is 5.73 Å². The first kappa shape index (κ1) is 14.5. The number of fused-ring (bicyclic) bond motifs is 1. The van der Waals surface area contributed by atoms with Gasteiger partial charge in [-0.2, -0.15) is 0 Å². The fourth-order valence-corrected chi connectivity index (χ4v) is 3.45. The van der Waals surface area contributed by atoms with Gasteiger partial charge in [-0.05, 0) is 52.1 Å². The summed E-state index contributed by atoms with van der Waals surface area (Å²) in [5.41, 5.74) is 6.60. The maximum absolute atomic E-state index is 14.1. The minimum Gasteiger partial charge on any atom is -0.487 e. The van der Waals surface area contributed by atoms with Gasteiger partial charge in [-0.3, -0.25) is 4.79 Å². The van der Waals surface area contributed by atoms with E-state index >= 15 is 0 Å². The van der Waals surface area contributed by atoms with E-state index in [-0.39, 0.29) is 16.0 Å². The Labute approximate surface area is 134 Å². The SMILES string of the molecule is NC(=O)c1c(F)c(Br)cc2c(C3CCOC(=S)C3)c[nH]c12. The summed E-state index contributed by atoms with van der Waals surface area (Å²) in [7, 11) is 0. The molecule has 1 atom stereocenters. The number of ether oxygens (including phenoxy) is 1. The van der Waals surface area contributed by atoms with Crippen LogP contribution in [0.4, 0.5) is 4.39 Å². The predicted octanol–water partition coefficient (Wildman–Crippen LogP) is 3.39. The fourth-order valence-electron chi connectivity index (χ4n) is 2.74. The minimum absolute atomic E-state index is 0.125. The van der Waals surface area contributed by atoms with E-state index in [4.69, 9.17) is 22.7 Å². The van der Waals surface area contributed by atoms with Crippen LogP contribution in [0, 0.1) is 5.82 Å². The molecule has 7 heteroatoms. The van der Waals surface area contributed by atoms with Gasteiger partial charge in [0.25, 0.3) is 5.91 Å². The van der Waals surface area contributed by atoms with E-state index < -0.39 is 11.7 Å². The van der Waals surface area contributed by atoms with Crippen molar-refractivity contribution in [3.63, 3.8) is 0 Å². The van der Waals surface area contributed by atoms with Gasteiger partial charge in [-0.1, -0.05) is 0 Å². The van der Waals surface area contributed by atoms with Crippen LogP contribution in [0.3, 0.4) is 0 Å². The molecule has 1 fully saturated rings. The Morgan fingerprint density at radius 2 is 2.33 bits per heavy atom. The summed E-state index contributed by atoms with van der Waals surface area (Å²) in [6, 6.07) is 1.67. The molecule has 3 N–H and O–H groups in total. The fraction of sp³-hybridized carbons (Fsp3) is 0.286. The summed E-state index contributed by atoms with van der Waals surface area (Å²) in [6.45, 7) is 0.571. The van der Waals surface area contributed by atoms with Crippen molar-refractivity contribution in [2.75, 3.05) is 6.61 Å². The van der Waals surface area contributed by atoms with Gasteiger partial charge in [0.2, 0.25) is 0 Å². The van der Waals surface area contributed by atoms with Crippen molar-refractivity contribution in [1.82, 2.24) is 4.98 Å². The van der Waals surface area contributed by atoms with Gasteiger partial charge in [-0.15, -0.1) is 0 Å². The van der Waals surface area contributed by atoms with Crippen LogP contribution in [-0.4, -0.2) is 22.5 Å². The van der Waals surface area contributed by atoms with Crippen LogP contribution >= 0.6 is 28.1 Å². The standard InChI is InChI=1S/C14H12BrFN2O2S/c15-9-4-7-8(6-1-2-20-10(21)3-6)5-18-13(7)11(12(9)16)14(17)19/h4-6,18H,1-3H2,(H2,17,19). The van der Waals surface area contributed by atoms with Gasteiger partial charge < -0.3 is 15.5 Å². The largest absolute Gasteiger partial charge is 0.487 e. The molecule has 21 heavy (non-hydrogen) atoms. The molecule has 2 aromatic rings. The molecule has 0 spiro atoms. The normalized spacial score (nSPS) is 18.8. The Balaban J connectivity index is 2.18. The van der Waals surface area contributed by atoms with Gasteiger partial charge in [0.1, 0.15) is 5.56 Å². The van der Waals surface area contributed by atoms with Gasteiger partial charge in [-0.25, -0.2) is 4.39 Å². The van der Waals surface area contributed by atoms with E-state index in [2.05, 4.69) is 20.9 Å². The highest BCUT2D eigenvalue weighted by Gasteiger charge is 2.25. The van der Waals surface area contributed by atoms with Crippen molar-refractivity contribution in [3.8, 4) is 0 Å². The number of carbonyl (C=O) groups is 1. The lowest BCUT2D eigenvalue weighted by Gasteiger charge is -2.23. The third-order valence-electron chi connectivity index (χ3n) is 3.73. The first-order valence-electron chi connectivity index (χ1n) is 6.43. The van der Waals surface area contributed by atoms with E-state index in [0.29, 0.717) is 23.6 Å². The number of primary amides is 1. The van der Waals surface area contributed by atoms with Crippen LogP contribution in [0.2, 0.25) is 0 Å². The number of hydrogen-bond acceptors (Lipinski definition) is 3. The van der Waals surface area contributed by atoms with E-state index in [1.807, 2.05) is 0 Å². The molecule has 2 heterocycles. The molecular formula is C14H12BrFN2O2S. The summed E-state index contributed by atoms with van der Waals surface area (Å²) >= 11 is 8.26. The molecule has 1 amide bonds. The van der Waals surface area contributed by atoms with Crippen LogP contribution in [0.25, 0.3) is 10.9 Å². The Kier molecular flexibility index (Phi) is 3.71. The third-order valence-corrected chi connectivity index (χ3v) is 4.59. The minimum atomic E-state index is -0.797. The van der Waals surface area contributed by atoms with Crippen LogP contribution in [0.15, 0.2) is 16.7 Å². The summed E-state index contributed by atoms with van der Waals surface area (Å²) in [5.74, 6) is -1.25. The summed E-state index contributed by atoms with van der Waals surface area (Å²) < 4.78 is 19.6. The van der Waals surface area contributed by atoms with E-state index in [9.17, 15) is 9.18 Å². The smallest absolute Gasteiger partial charge is 0.253 e. The topological polar surface area (TPSA) is 68.1 Å². The molecule has 1 aliphatic heterocycles. The number of halogens is 2. The summed E-state index contributed by atoms with van der Waals surface area (Å²) in [6.07, 6.45) is 3.26. The number of aromatic nitrogens is 1. The second kappa shape index (κ2) is 5.38. The average molecular weight is 371 g/mol. The average Bonchev–Trinajstić information content (AvgIpc) is 2.82. The monoisotopic (exact) mass is 370 g/mol. The first-order chi connectivity index (χ1) is 9.99. The molecule has 1 unspecified atom stereocenters.